The average molecular weight is 386 g/mol. The predicted molar refractivity (Wildman–Crippen MR) is 81.4 cm³/mol. The molecule has 0 unspecified atom stereocenters. The third kappa shape index (κ3) is 3.51. The molecule has 0 aliphatic rings. The molecule has 1 aromatic carbocycles. The lowest BCUT2D eigenvalue weighted by Gasteiger charge is -2.07. The Morgan fingerprint density at radius 1 is 1.16 bits per heavy atom. The molecule has 1 amide bonds. The molecule has 2 aromatic rings. The van der Waals surface area contributed by atoms with Gasteiger partial charge in [0.1, 0.15) is 5.82 Å². The highest BCUT2D eigenvalue weighted by Crippen LogP contribution is 2.26. The van der Waals surface area contributed by atoms with Crippen LogP contribution in [0.2, 0.25) is 0 Å². The summed E-state index contributed by atoms with van der Waals surface area (Å²) >= 11 is 6.73. The van der Waals surface area contributed by atoms with Crippen LogP contribution in [0.1, 0.15) is 10.5 Å². The second kappa shape index (κ2) is 6.12. The maximum Gasteiger partial charge on any atom is 0.276 e. The molecule has 1 heterocycles. The van der Waals surface area contributed by atoms with Gasteiger partial charge in [0.25, 0.3) is 5.91 Å². The molecule has 7 heteroatoms. The third-order valence-corrected chi connectivity index (χ3v) is 3.51. The largest absolute Gasteiger partial charge is 0.372 e. The van der Waals surface area contributed by atoms with Crippen LogP contribution < -0.4 is 10.6 Å². The van der Waals surface area contributed by atoms with Crippen molar-refractivity contribution in [1.82, 2.24) is 10.2 Å². The van der Waals surface area contributed by atoms with Crippen molar-refractivity contribution in [1.29, 1.82) is 0 Å². The van der Waals surface area contributed by atoms with Crippen LogP contribution >= 0.6 is 31.9 Å². The number of hydrogen-bond donors (Lipinski definition) is 2. The molecule has 2 rings (SSSR count). The van der Waals surface area contributed by atoms with E-state index in [-0.39, 0.29) is 11.6 Å². The van der Waals surface area contributed by atoms with Crippen LogP contribution in [0.4, 0.5) is 11.5 Å². The van der Waals surface area contributed by atoms with Crippen LogP contribution in [0.15, 0.2) is 39.3 Å². The van der Waals surface area contributed by atoms with Crippen molar-refractivity contribution in [2.45, 2.75) is 0 Å². The minimum absolute atomic E-state index is 0.255. The van der Waals surface area contributed by atoms with Gasteiger partial charge in [0.05, 0.1) is 5.69 Å². The molecule has 0 aliphatic heterocycles. The summed E-state index contributed by atoms with van der Waals surface area (Å²) in [6, 6.07) is 8.83. The predicted octanol–water partition coefficient (Wildman–Crippen LogP) is 3.30. The number of carbonyl (C=O) groups excluding carboxylic acids is 1. The number of benzene rings is 1. The molecule has 0 atom stereocenters. The topological polar surface area (TPSA) is 66.9 Å². The number of halogens is 2. The molecule has 2 N–H and O–H groups in total. The lowest BCUT2D eigenvalue weighted by Crippen LogP contribution is -2.15. The molecular formula is C12H10Br2N4O. The molecule has 0 bridgehead atoms. The number of nitrogens with zero attached hydrogens (tertiary/aromatic N) is 2. The standard InChI is InChI=1S/C12H10Br2N4O/c1-15-11-5-4-9(17-18-11)12(19)16-10-6-7(13)2-3-8(10)14/h2-6H,1H3,(H,15,18)(H,16,19). The zero-order chi connectivity index (χ0) is 13.8. The van der Waals surface area contributed by atoms with Gasteiger partial charge in [-0.2, -0.15) is 0 Å². The second-order valence-electron chi connectivity index (χ2n) is 3.63. The van der Waals surface area contributed by atoms with E-state index >= 15 is 0 Å². The Morgan fingerprint density at radius 2 is 1.95 bits per heavy atom. The van der Waals surface area contributed by atoms with E-state index in [4.69, 9.17) is 0 Å². The van der Waals surface area contributed by atoms with Crippen LogP contribution in [0.3, 0.4) is 0 Å². The number of rotatable bonds is 3. The smallest absolute Gasteiger partial charge is 0.276 e. The Kier molecular flexibility index (Phi) is 4.49. The minimum Gasteiger partial charge on any atom is -0.372 e. The number of hydrogen-bond acceptors (Lipinski definition) is 4. The zero-order valence-electron chi connectivity index (χ0n) is 9.95. The highest BCUT2D eigenvalue weighted by Gasteiger charge is 2.10. The van der Waals surface area contributed by atoms with Gasteiger partial charge in [-0.25, -0.2) is 0 Å². The molecule has 1 aromatic heterocycles. The first-order chi connectivity index (χ1) is 9.10. The Labute approximate surface area is 127 Å². The second-order valence-corrected chi connectivity index (χ2v) is 5.40. The summed E-state index contributed by atoms with van der Waals surface area (Å²) in [5.41, 5.74) is 0.921. The van der Waals surface area contributed by atoms with Gasteiger partial charge in [-0.15, -0.1) is 10.2 Å². The van der Waals surface area contributed by atoms with Gasteiger partial charge in [-0.05, 0) is 46.3 Å². The van der Waals surface area contributed by atoms with E-state index in [9.17, 15) is 4.79 Å². The summed E-state index contributed by atoms with van der Waals surface area (Å²) < 4.78 is 1.67. The highest BCUT2D eigenvalue weighted by atomic mass is 79.9. The highest BCUT2D eigenvalue weighted by molar-refractivity contribution is 9.11. The summed E-state index contributed by atoms with van der Waals surface area (Å²) in [5, 5.41) is 13.3. The first kappa shape index (κ1) is 14.0. The molecule has 98 valence electrons. The van der Waals surface area contributed by atoms with Crippen LogP contribution in [-0.4, -0.2) is 23.2 Å². The number of amides is 1. The van der Waals surface area contributed by atoms with Crippen molar-refractivity contribution in [3.05, 3.63) is 45.0 Å². The Bertz CT molecular complexity index is 601. The van der Waals surface area contributed by atoms with E-state index in [1.54, 1.807) is 25.2 Å². The molecule has 0 spiro atoms. The molecule has 0 radical (unpaired) electrons. The normalized spacial score (nSPS) is 10.1. The molecule has 0 saturated carbocycles. The number of carbonyl (C=O) groups is 1. The van der Waals surface area contributed by atoms with E-state index in [0.29, 0.717) is 11.5 Å². The van der Waals surface area contributed by atoms with Crippen LogP contribution in [0.25, 0.3) is 0 Å². The molecule has 0 aliphatic carbocycles. The van der Waals surface area contributed by atoms with E-state index in [0.717, 1.165) is 8.95 Å². The van der Waals surface area contributed by atoms with Gasteiger partial charge in [0.15, 0.2) is 5.69 Å². The van der Waals surface area contributed by atoms with Crippen LogP contribution in [0.5, 0.6) is 0 Å². The van der Waals surface area contributed by atoms with Crippen molar-refractivity contribution in [2.75, 3.05) is 17.7 Å². The first-order valence-corrected chi connectivity index (χ1v) is 6.96. The fourth-order valence-electron chi connectivity index (χ4n) is 1.37. The molecule has 19 heavy (non-hydrogen) atoms. The zero-order valence-corrected chi connectivity index (χ0v) is 13.1. The Hall–Kier alpha value is -1.47. The summed E-state index contributed by atoms with van der Waals surface area (Å²) in [4.78, 5) is 12.0. The SMILES string of the molecule is CNc1ccc(C(=O)Nc2cc(Br)ccc2Br)nn1. The summed E-state index contributed by atoms with van der Waals surface area (Å²) in [6.45, 7) is 0. The van der Waals surface area contributed by atoms with Crippen molar-refractivity contribution < 1.29 is 4.79 Å². The quantitative estimate of drug-likeness (QED) is 0.850. The molecule has 0 fully saturated rings. The average Bonchev–Trinajstić information content (AvgIpc) is 2.43. The maximum atomic E-state index is 12.0. The van der Waals surface area contributed by atoms with Crippen molar-refractivity contribution in [2.24, 2.45) is 0 Å². The lowest BCUT2D eigenvalue weighted by atomic mass is 10.3. The minimum atomic E-state index is -0.311. The van der Waals surface area contributed by atoms with E-state index in [2.05, 4.69) is 52.7 Å². The first-order valence-electron chi connectivity index (χ1n) is 5.38. The van der Waals surface area contributed by atoms with E-state index in [1.165, 1.54) is 0 Å². The number of aromatic nitrogens is 2. The van der Waals surface area contributed by atoms with Crippen molar-refractivity contribution in [3.63, 3.8) is 0 Å². The van der Waals surface area contributed by atoms with Crippen LogP contribution in [0, 0.1) is 0 Å². The summed E-state index contributed by atoms with van der Waals surface area (Å²) in [6.07, 6.45) is 0. The van der Waals surface area contributed by atoms with Crippen LogP contribution in [-0.2, 0) is 0 Å². The Balaban J connectivity index is 2.18. The molecular weight excluding hydrogens is 376 g/mol. The van der Waals surface area contributed by atoms with Gasteiger partial charge >= 0.3 is 0 Å². The third-order valence-electron chi connectivity index (χ3n) is 2.33. The van der Waals surface area contributed by atoms with Gasteiger partial charge < -0.3 is 10.6 Å². The Morgan fingerprint density at radius 3 is 2.58 bits per heavy atom. The van der Waals surface area contributed by atoms with Gasteiger partial charge in [-0.3, -0.25) is 4.79 Å². The van der Waals surface area contributed by atoms with E-state index in [1.807, 2.05) is 12.1 Å². The van der Waals surface area contributed by atoms with E-state index < -0.39 is 0 Å². The number of anilines is 2. The summed E-state index contributed by atoms with van der Waals surface area (Å²) in [5.74, 6) is 0.300. The molecule has 5 nitrogen and oxygen atoms in total. The lowest BCUT2D eigenvalue weighted by molar-refractivity contribution is 0.102. The summed E-state index contributed by atoms with van der Waals surface area (Å²) in [7, 11) is 1.74. The van der Waals surface area contributed by atoms with Crippen molar-refractivity contribution >= 4 is 49.3 Å². The van der Waals surface area contributed by atoms with Gasteiger partial charge in [0.2, 0.25) is 0 Å². The fourth-order valence-corrected chi connectivity index (χ4v) is 2.07. The van der Waals surface area contributed by atoms with Crippen molar-refractivity contribution in [3.8, 4) is 0 Å². The van der Waals surface area contributed by atoms with Gasteiger partial charge in [0, 0.05) is 16.0 Å². The van der Waals surface area contributed by atoms with Gasteiger partial charge in [-0.1, -0.05) is 15.9 Å². The monoisotopic (exact) mass is 384 g/mol. The number of nitrogens with one attached hydrogen (secondary N) is 2. The fraction of sp³-hybridized carbons (Fsp3) is 0.0833. The molecule has 0 saturated heterocycles. The maximum absolute atomic E-state index is 12.0.